The lowest BCUT2D eigenvalue weighted by atomic mass is 10.1. The largest absolute Gasteiger partial charge is 0.481 e. The molecule has 5 nitrogen and oxygen atoms in total. The highest BCUT2D eigenvalue weighted by molar-refractivity contribution is 6.31. The van der Waals surface area contributed by atoms with E-state index in [9.17, 15) is 9.59 Å². The number of hydrogen-bond acceptors (Lipinski definition) is 4. The van der Waals surface area contributed by atoms with E-state index in [0.29, 0.717) is 28.6 Å². The second-order valence-corrected chi connectivity index (χ2v) is 6.32. The number of esters is 1. The first-order valence-corrected chi connectivity index (χ1v) is 8.71. The summed E-state index contributed by atoms with van der Waals surface area (Å²) in [6.07, 6.45) is -0.695. The topological polar surface area (TPSA) is 64.6 Å². The maximum atomic E-state index is 12.4. The van der Waals surface area contributed by atoms with Gasteiger partial charge in [-0.3, -0.25) is 4.79 Å². The van der Waals surface area contributed by atoms with Crippen molar-refractivity contribution in [3.8, 4) is 5.75 Å². The van der Waals surface area contributed by atoms with Gasteiger partial charge in [-0.05, 0) is 75.2 Å². The smallest absolute Gasteiger partial charge is 0.338 e. The minimum atomic E-state index is -0.695. The van der Waals surface area contributed by atoms with Gasteiger partial charge in [-0.25, -0.2) is 4.79 Å². The van der Waals surface area contributed by atoms with Crippen molar-refractivity contribution in [2.75, 3.05) is 11.9 Å². The third-order valence-corrected chi connectivity index (χ3v) is 4.23. The molecule has 0 aliphatic heterocycles. The van der Waals surface area contributed by atoms with Crippen LogP contribution in [0.5, 0.6) is 5.75 Å². The molecule has 0 saturated heterocycles. The number of hydrogen-bond donors (Lipinski definition) is 1. The van der Waals surface area contributed by atoms with Crippen LogP contribution in [0.15, 0.2) is 36.4 Å². The molecule has 0 aliphatic carbocycles. The highest BCUT2D eigenvalue weighted by Crippen LogP contribution is 2.22. The molecule has 2 aromatic carbocycles. The zero-order valence-corrected chi connectivity index (χ0v) is 16.0. The van der Waals surface area contributed by atoms with E-state index in [4.69, 9.17) is 21.1 Å². The molecule has 0 spiro atoms. The Morgan fingerprint density at radius 1 is 1.12 bits per heavy atom. The van der Waals surface area contributed by atoms with Gasteiger partial charge in [-0.15, -0.1) is 0 Å². The maximum Gasteiger partial charge on any atom is 0.338 e. The van der Waals surface area contributed by atoms with E-state index in [2.05, 4.69) is 5.32 Å². The van der Waals surface area contributed by atoms with Crippen molar-refractivity contribution < 1.29 is 19.1 Å². The van der Waals surface area contributed by atoms with Crippen LogP contribution in [0.2, 0.25) is 5.02 Å². The molecule has 0 bridgehead atoms. The molecule has 0 fully saturated rings. The molecule has 2 rings (SSSR count). The quantitative estimate of drug-likeness (QED) is 0.753. The van der Waals surface area contributed by atoms with Gasteiger partial charge >= 0.3 is 5.97 Å². The van der Waals surface area contributed by atoms with E-state index < -0.39 is 6.10 Å². The van der Waals surface area contributed by atoms with Gasteiger partial charge < -0.3 is 14.8 Å². The fourth-order valence-electron chi connectivity index (χ4n) is 2.33. The number of halogens is 1. The minimum Gasteiger partial charge on any atom is -0.481 e. The van der Waals surface area contributed by atoms with Gasteiger partial charge in [0, 0.05) is 10.7 Å². The first-order chi connectivity index (χ1) is 12.3. The van der Waals surface area contributed by atoms with Crippen LogP contribution in [-0.2, 0) is 9.53 Å². The Balaban J connectivity index is 2.04. The second kappa shape index (κ2) is 8.72. The Hall–Kier alpha value is -2.53. The third-order valence-electron chi connectivity index (χ3n) is 3.81. The number of benzene rings is 2. The van der Waals surface area contributed by atoms with Crippen LogP contribution in [0.3, 0.4) is 0 Å². The van der Waals surface area contributed by atoms with E-state index in [1.807, 2.05) is 13.8 Å². The van der Waals surface area contributed by atoms with Crippen LogP contribution in [0.25, 0.3) is 0 Å². The summed E-state index contributed by atoms with van der Waals surface area (Å²) in [7, 11) is 0. The Morgan fingerprint density at radius 3 is 2.46 bits per heavy atom. The van der Waals surface area contributed by atoms with E-state index in [1.165, 1.54) is 0 Å². The minimum absolute atomic E-state index is 0.287. The van der Waals surface area contributed by atoms with Gasteiger partial charge in [-0.2, -0.15) is 0 Å². The van der Waals surface area contributed by atoms with Crippen molar-refractivity contribution in [1.29, 1.82) is 0 Å². The molecule has 0 radical (unpaired) electrons. The van der Waals surface area contributed by atoms with Crippen molar-refractivity contribution in [1.82, 2.24) is 0 Å². The van der Waals surface area contributed by atoms with Crippen molar-refractivity contribution in [2.24, 2.45) is 0 Å². The lowest BCUT2D eigenvalue weighted by Gasteiger charge is -2.16. The normalized spacial score (nSPS) is 11.6. The Labute approximate surface area is 158 Å². The van der Waals surface area contributed by atoms with E-state index in [1.54, 1.807) is 50.2 Å². The van der Waals surface area contributed by atoms with Gasteiger partial charge in [-0.1, -0.05) is 11.6 Å². The zero-order valence-electron chi connectivity index (χ0n) is 15.3. The Kier molecular flexibility index (Phi) is 6.64. The second-order valence-electron chi connectivity index (χ2n) is 5.91. The number of anilines is 1. The maximum absolute atomic E-state index is 12.4. The molecule has 1 N–H and O–H groups in total. The molecule has 138 valence electrons. The van der Waals surface area contributed by atoms with Gasteiger partial charge in [0.15, 0.2) is 6.10 Å². The van der Waals surface area contributed by atoms with Crippen molar-refractivity contribution in [3.05, 3.63) is 58.1 Å². The molecule has 1 amide bonds. The van der Waals surface area contributed by atoms with Gasteiger partial charge in [0.2, 0.25) is 0 Å². The van der Waals surface area contributed by atoms with Gasteiger partial charge in [0.25, 0.3) is 5.91 Å². The highest BCUT2D eigenvalue weighted by Gasteiger charge is 2.17. The average Bonchev–Trinajstić information content (AvgIpc) is 2.60. The number of amides is 1. The lowest BCUT2D eigenvalue weighted by Crippen LogP contribution is -2.30. The fourth-order valence-corrected chi connectivity index (χ4v) is 2.45. The van der Waals surface area contributed by atoms with Gasteiger partial charge in [0.05, 0.1) is 12.2 Å². The first kappa shape index (κ1) is 19.8. The molecule has 2 aromatic rings. The van der Waals surface area contributed by atoms with Crippen molar-refractivity contribution in [2.45, 2.75) is 33.8 Å². The number of rotatable bonds is 6. The van der Waals surface area contributed by atoms with Crippen molar-refractivity contribution >= 4 is 29.2 Å². The number of carbonyl (C=O) groups excluding carboxylic acids is 2. The lowest BCUT2D eigenvalue weighted by molar-refractivity contribution is -0.122. The number of nitrogens with one attached hydrogen (secondary N) is 1. The summed E-state index contributed by atoms with van der Waals surface area (Å²) < 4.78 is 10.6. The first-order valence-electron chi connectivity index (χ1n) is 8.33. The van der Waals surface area contributed by atoms with Crippen molar-refractivity contribution in [3.63, 3.8) is 0 Å². The predicted molar refractivity (Wildman–Crippen MR) is 102 cm³/mol. The summed E-state index contributed by atoms with van der Waals surface area (Å²) in [6.45, 7) is 7.42. The number of ether oxygens (including phenoxy) is 2. The third kappa shape index (κ3) is 4.99. The van der Waals surface area contributed by atoms with Crippen LogP contribution in [0.1, 0.15) is 35.3 Å². The van der Waals surface area contributed by atoms with Crippen LogP contribution in [-0.4, -0.2) is 24.6 Å². The van der Waals surface area contributed by atoms with E-state index in [0.717, 1.165) is 11.1 Å². The van der Waals surface area contributed by atoms with Crippen LogP contribution in [0.4, 0.5) is 5.69 Å². The standard InChI is InChI=1S/C20H22ClNO4/c1-5-25-20(24)15-6-9-18(13(3)10-15)22-19(23)14(4)26-16-7-8-17(21)12(2)11-16/h6-11,14H,5H2,1-4H3,(H,22,23)/t14-/m1/s1. The summed E-state index contributed by atoms with van der Waals surface area (Å²) in [5.74, 6) is -0.100. The molecule has 0 saturated carbocycles. The summed E-state index contributed by atoms with van der Waals surface area (Å²) >= 11 is 5.99. The van der Waals surface area contributed by atoms with E-state index in [-0.39, 0.29) is 11.9 Å². The van der Waals surface area contributed by atoms with Crippen LogP contribution in [0, 0.1) is 13.8 Å². The Morgan fingerprint density at radius 2 is 1.85 bits per heavy atom. The summed E-state index contributed by atoms with van der Waals surface area (Å²) in [5.41, 5.74) is 2.70. The predicted octanol–water partition coefficient (Wildman–Crippen LogP) is 4.54. The zero-order chi connectivity index (χ0) is 19.3. The summed E-state index contributed by atoms with van der Waals surface area (Å²) in [6, 6.07) is 10.2. The van der Waals surface area contributed by atoms with Crippen LogP contribution >= 0.6 is 11.6 Å². The number of aryl methyl sites for hydroxylation is 2. The average molecular weight is 376 g/mol. The molecule has 6 heteroatoms. The monoisotopic (exact) mass is 375 g/mol. The SMILES string of the molecule is CCOC(=O)c1ccc(NC(=O)[C@@H](C)Oc2ccc(Cl)c(C)c2)c(C)c1. The molecule has 0 aromatic heterocycles. The molecule has 0 aliphatic rings. The fraction of sp³-hybridized carbons (Fsp3) is 0.300. The number of carbonyl (C=O) groups is 2. The highest BCUT2D eigenvalue weighted by atomic mass is 35.5. The molecule has 0 heterocycles. The summed E-state index contributed by atoms with van der Waals surface area (Å²) in [5, 5.41) is 3.46. The van der Waals surface area contributed by atoms with Crippen LogP contribution < -0.4 is 10.1 Å². The molecule has 0 unspecified atom stereocenters. The summed E-state index contributed by atoms with van der Waals surface area (Å²) in [4.78, 5) is 24.1. The molecule has 1 atom stereocenters. The molecular formula is C20H22ClNO4. The molecule has 26 heavy (non-hydrogen) atoms. The Bertz CT molecular complexity index is 819. The van der Waals surface area contributed by atoms with Gasteiger partial charge in [0.1, 0.15) is 5.75 Å². The van der Waals surface area contributed by atoms with E-state index >= 15 is 0 Å². The molecular weight excluding hydrogens is 354 g/mol.